The summed E-state index contributed by atoms with van der Waals surface area (Å²) in [4.78, 5) is 4.90. The van der Waals surface area contributed by atoms with Gasteiger partial charge in [-0.25, -0.2) is 0 Å². The summed E-state index contributed by atoms with van der Waals surface area (Å²) in [6, 6.07) is 0.851. The Hall–Kier alpha value is -0.120. The van der Waals surface area contributed by atoms with Gasteiger partial charge in [-0.1, -0.05) is 25.7 Å². The minimum absolute atomic E-state index is 0.548. The maximum absolute atomic E-state index is 3.84. The zero-order valence-corrected chi connectivity index (χ0v) is 14.7. The van der Waals surface area contributed by atoms with Crippen molar-refractivity contribution in [3.8, 4) is 0 Å². The molecule has 1 N–H and O–H groups in total. The molecular formula is C18H37N3. The number of rotatable bonds is 9. The Morgan fingerprint density at radius 3 is 2.19 bits per heavy atom. The summed E-state index contributed by atoms with van der Waals surface area (Å²) in [6.45, 7) is 5.00. The molecule has 2 aliphatic rings. The Bertz CT molecular complexity index is 278. The van der Waals surface area contributed by atoms with E-state index in [1.54, 1.807) is 0 Å². The van der Waals surface area contributed by atoms with E-state index in [4.69, 9.17) is 0 Å². The van der Waals surface area contributed by atoms with E-state index in [0.29, 0.717) is 5.41 Å². The highest BCUT2D eigenvalue weighted by atomic mass is 15.1. The third-order valence-corrected chi connectivity index (χ3v) is 5.26. The van der Waals surface area contributed by atoms with Crippen LogP contribution in [0.5, 0.6) is 0 Å². The van der Waals surface area contributed by atoms with Crippen molar-refractivity contribution >= 4 is 0 Å². The van der Waals surface area contributed by atoms with Crippen LogP contribution in [-0.2, 0) is 0 Å². The van der Waals surface area contributed by atoms with Gasteiger partial charge in [-0.2, -0.15) is 0 Å². The summed E-state index contributed by atoms with van der Waals surface area (Å²) < 4.78 is 0. The van der Waals surface area contributed by atoms with Gasteiger partial charge in [0.2, 0.25) is 0 Å². The SMILES string of the molecule is CN(C)CCCN(C)CC1(CNC2CC2)CCCCCC1. The van der Waals surface area contributed by atoms with E-state index in [1.807, 2.05) is 0 Å². The molecule has 0 saturated heterocycles. The van der Waals surface area contributed by atoms with Gasteiger partial charge >= 0.3 is 0 Å². The second kappa shape index (κ2) is 8.50. The van der Waals surface area contributed by atoms with Crippen LogP contribution in [-0.4, -0.2) is 63.2 Å². The Kier molecular flexibility index (Phi) is 6.97. The van der Waals surface area contributed by atoms with Crippen molar-refractivity contribution in [2.45, 2.75) is 63.8 Å². The second-order valence-corrected chi connectivity index (χ2v) is 7.96. The fourth-order valence-corrected chi connectivity index (χ4v) is 3.83. The van der Waals surface area contributed by atoms with Crippen LogP contribution < -0.4 is 5.32 Å². The van der Waals surface area contributed by atoms with Gasteiger partial charge in [-0.3, -0.25) is 0 Å². The molecule has 0 atom stereocenters. The molecule has 21 heavy (non-hydrogen) atoms. The number of hydrogen-bond acceptors (Lipinski definition) is 3. The molecule has 0 bridgehead atoms. The van der Waals surface area contributed by atoms with Crippen LogP contribution in [0.4, 0.5) is 0 Å². The lowest BCUT2D eigenvalue weighted by Gasteiger charge is -2.37. The van der Waals surface area contributed by atoms with Crippen molar-refractivity contribution in [2.24, 2.45) is 5.41 Å². The van der Waals surface area contributed by atoms with Crippen LogP contribution in [0, 0.1) is 5.41 Å². The van der Waals surface area contributed by atoms with Crippen LogP contribution in [0.1, 0.15) is 57.8 Å². The van der Waals surface area contributed by atoms with Crippen molar-refractivity contribution in [1.29, 1.82) is 0 Å². The zero-order valence-electron chi connectivity index (χ0n) is 14.7. The lowest BCUT2D eigenvalue weighted by molar-refractivity contribution is 0.142. The second-order valence-electron chi connectivity index (χ2n) is 7.96. The van der Waals surface area contributed by atoms with Gasteiger partial charge in [0, 0.05) is 19.1 Å². The van der Waals surface area contributed by atoms with E-state index >= 15 is 0 Å². The van der Waals surface area contributed by atoms with E-state index in [1.165, 1.54) is 84.0 Å². The summed E-state index contributed by atoms with van der Waals surface area (Å²) in [6.07, 6.45) is 12.8. The average Bonchev–Trinajstić information content (AvgIpc) is 3.24. The maximum Gasteiger partial charge on any atom is 0.00684 e. The maximum atomic E-state index is 3.84. The highest BCUT2D eigenvalue weighted by molar-refractivity contribution is 4.90. The molecule has 2 fully saturated rings. The van der Waals surface area contributed by atoms with Crippen molar-refractivity contribution in [3.63, 3.8) is 0 Å². The lowest BCUT2D eigenvalue weighted by Crippen LogP contribution is -2.44. The Labute approximate surface area is 132 Å². The average molecular weight is 296 g/mol. The quantitative estimate of drug-likeness (QED) is 0.660. The minimum Gasteiger partial charge on any atom is -0.313 e. The minimum atomic E-state index is 0.548. The molecule has 0 radical (unpaired) electrons. The lowest BCUT2D eigenvalue weighted by atomic mass is 9.79. The highest BCUT2D eigenvalue weighted by Gasteiger charge is 2.34. The van der Waals surface area contributed by atoms with Crippen LogP contribution in [0.3, 0.4) is 0 Å². The molecule has 0 aromatic heterocycles. The van der Waals surface area contributed by atoms with E-state index < -0.39 is 0 Å². The molecule has 2 saturated carbocycles. The van der Waals surface area contributed by atoms with E-state index in [-0.39, 0.29) is 0 Å². The molecule has 3 heteroatoms. The first-order chi connectivity index (χ1) is 10.1. The van der Waals surface area contributed by atoms with Crippen molar-refractivity contribution < 1.29 is 0 Å². The van der Waals surface area contributed by atoms with Gasteiger partial charge in [0.15, 0.2) is 0 Å². The largest absolute Gasteiger partial charge is 0.313 e. The van der Waals surface area contributed by atoms with Crippen molar-refractivity contribution in [1.82, 2.24) is 15.1 Å². The highest BCUT2D eigenvalue weighted by Crippen LogP contribution is 2.36. The topological polar surface area (TPSA) is 18.5 Å². The molecule has 0 spiro atoms. The molecule has 124 valence electrons. The monoisotopic (exact) mass is 295 g/mol. The van der Waals surface area contributed by atoms with Gasteiger partial charge in [0.05, 0.1) is 0 Å². The van der Waals surface area contributed by atoms with E-state index in [9.17, 15) is 0 Å². The van der Waals surface area contributed by atoms with Gasteiger partial charge in [-0.05, 0) is 71.8 Å². The van der Waals surface area contributed by atoms with Gasteiger partial charge in [0.25, 0.3) is 0 Å². The predicted octanol–water partition coefficient (Wildman–Crippen LogP) is 2.96. The predicted molar refractivity (Wildman–Crippen MR) is 91.8 cm³/mol. The van der Waals surface area contributed by atoms with Crippen LogP contribution in [0.15, 0.2) is 0 Å². The summed E-state index contributed by atoms with van der Waals surface area (Å²) >= 11 is 0. The van der Waals surface area contributed by atoms with Crippen LogP contribution in [0.2, 0.25) is 0 Å². The fraction of sp³-hybridized carbons (Fsp3) is 1.00. The summed E-state index contributed by atoms with van der Waals surface area (Å²) in [5.74, 6) is 0. The third kappa shape index (κ3) is 6.66. The molecule has 0 unspecified atom stereocenters. The zero-order chi connectivity index (χ0) is 15.1. The molecule has 3 nitrogen and oxygen atoms in total. The van der Waals surface area contributed by atoms with Gasteiger partial charge in [-0.15, -0.1) is 0 Å². The molecule has 0 heterocycles. The van der Waals surface area contributed by atoms with Crippen LogP contribution >= 0.6 is 0 Å². The molecule has 0 aliphatic heterocycles. The summed E-state index contributed by atoms with van der Waals surface area (Å²) in [7, 11) is 6.68. The first kappa shape index (κ1) is 17.2. The molecule has 2 aliphatic carbocycles. The van der Waals surface area contributed by atoms with E-state index in [2.05, 4.69) is 36.3 Å². The van der Waals surface area contributed by atoms with Crippen molar-refractivity contribution in [3.05, 3.63) is 0 Å². The summed E-state index contributed by atoms with van der Waals surface area (Å²) in [5.41, 5.74) is 0.548. The molecule has 0 aromatic carbocycles. The molecular weight excluding hydrogens is 258 g/mol. The van der Waals surface area contributed by atoms with Crippen molar-refractivity contribution in [2.75, 3.05) is 47.3 Å². The Morgan fingerprint density at radius 2 is 1.62 bits per heavy atom. The fourth-order valence-electron chi connectivity index (χ4n) is 3.83. The summed E-state index contributed by atoms with van der Waals surface area (Å²) in [5, 5.41) is 3.84. The smallest absolute Gasteiger partial charge is 0.00684 e. The Morgan fingerprint density at radius 1 is 0.952 bits per heavy atom. The van der Waals surface area contributed by atoms with Crippen LogP contribution in [0.25, 0.3) is 0 Å². The number of hydrogen-bond donors (Lipinski definition) is 1. The first-order valence-electron chi connectivity index (χ1n) is 9.16. The Balaban J connectivity index is 1.81. The molecule has 0 aromatic rings. The number of nitrogens with one attached hydrogen (secondary N) is 1. The molecule has 0 amide bonds. The van der Waals surface area contributed by atoms with E-state index in [0.717, 1.165) is 6.04 Å². The number of nitrogens with zero attached hydrogens (tertiary/aromatic N) is 2. The third-order valence-electron chi connectivity index (χ3n) is 5.26. The normalized spacial score (nSPS) is 22.7. The van der Waals surface area contributed by atoms with Gasteiger partial charge < -0.3 is 15.1 Å². The first-order valence-corrected chi connectivity index (χ1v) is 9.16. The standard InChI is InChI=1S/C18H37N3/c1-20(2)13-8-14-21(3)16-18(15-19-17-9-10-17)11-6-4-5-7-12-18/h17,19H,4-16H2,1-3H3. The van der Waals surface area contributed by atoms with Gasteiger partial charge in [0.1, 0.15) is 0 Å². The molecule has 2 rings (SSSR count).